The highest BCUT2D eigenvalue weighted by Crippen LogP contribution is 2.30. The third-order valence-corrected chi connectivity index (χ3v) is 3.21. The number of nitrogens with zero attached hydrogens (tertiary/aromatic N) is 2. The van der Waals surface area contributed by atoms with Gasteiger partial charge >= 0.3 is 6.18 Å². The first-order valence-electron chi connectivity index (χ1n) is 4.94. The number of halogens is 3. The Labute approximate surface area is 106 Å². The third-order valence-electron chi connectivity index (χ3n) is 2.32. The summed E-state index contributed by atoms with van der Waals surface area (Å²) in [7, 11) is -4.07. The van der Waals surface area contributed by atoms with Crippen LogP contribution in [-0.2, 0) is 16.2 Å². The van der Waals surface area contributed by atoms with Crippen molar-refractivity contribution in [3.05, 3.63) is 42.1 Å². The van der Waals surface area contributed by atoms with E-state index in [1.807, 2.05) is 0 Å². The molecule has 2 N–H and O–H groups in total. The minimum Gasteiger partial charge on any atom is -0.223 e. The lowest BCUT2D eigenvalue weighted by Crippen LogP contribution is -2.17. The number of hydrogen-bond acceptors (Lipinski definition) is 3. The number of sulfonamides is 1. The van der Waals surface area contributed by atoms with Gasteiger partial charge in [0.15, 0.2) is 5.03 Å². The summed E-state index contributed by atoms with van der Waals surface area (Å²) in [5.74, 6) is 0. The van der Waals surface area contributed by atoms with Crippen LogP contribution in [0.5, 0.6) is 0 Å². The second-order valence-corrected chi connectivity index (χ2v) is 5.18. The number of alkyl halides is 3. The lowest BCUT2D eigenvalue weighted by atomic mass is 10.2. The molecule has 2 rings (SSSR count). The fraction of sp³-hybridized carbons (Fsp3) is 0.100. The number of hydrogen-bond donors (Lipinski definition) is 1. The van der Waals surface area contributed by atoms with Gasteiger partial charge in [-0.25, -0.2) is 18.2 Å². The highest BCUT2D eigenvalue weighted by molar-refractivity contribution is 7.89. The van der Waals surface area contributed by atoms with E-state index in [0.717, 1.165) is 35.1 Å². The maximum Gasteiger partial charge on any atom is 0.416 e. The molecule has 0 amide bonds. The fourth-order valence-electron chi connectivity index (χ4n) is 1.51. The predicted octanol–water partition coefficient (Wildman–Crippen LogP) is 1.54. The Bertz CT molecular complexity index is 707. The van der Waals surface area contributed by atoms with Crippen molar-refractivity contribution in [2.45, 2.75) is 11.2 Å². The molecule has 0 fully saturated rings. The summed E-state index contributed by atoms with van der Waals surface area (Å²) in [5, 5.41) is 8.24. The van der Waals surface area contributed by atoms with E-state index in [1.165, 1.54) is 6.07 Å². The van der Waals surface area contributed by atoms with Crippen LogP contribution in [-0.4, -0.2) is 18.2 Å². The number of nitrogens with two attached hydrogens (primary N) is 1. The molecular formula is C10H8F3N3O2S. The molecule has 102 valence electrons. The second kappa shape index (κ2) is 4.35. The van der Waals surface area contributed by atoms with Gasteiger partial charge in [0.1, 0.15) is 0 Å². The molecule has 0 radical (unpaired) electrons. The zero-order valence-electron chi connectivity index (χ0n) is 9.29. The average molecular weight is 291 g/mol. The lowest BCUT2D eigenvalue weighted by molar-refractivity contribution is -0.137. The summed E-state index contributed by atoms with van der Waals surface area (Å²) in [6.45, 7) is 0. The van der Waals surface area contributed by atoms with Gasteiger partial charge in [0, 0.05) is 0 Å². The molecule has 0 atom stereocenters. The number of aromatic nitrogens is 2. The molecule has 2 aromatic rings. The highest BCUT2D eigenvalue weighted by atomic mass is 32.2. The SMILES string of the molecule is NS(=O)(=O)c1ccnn1-c1cccc(C(F)(F)F)c1. The standard InChI is InChI=1S/C10H8F3N3O2S/c11-10(12,13)7-2-1-3-8(6-7)16-9(4-5-15-16)19(14,17)18/h1-6H,(H2,14,17,18). The average Bonchev–Trinajstić information content (AvgIpc) is 2.76. The van der Waals surface area contributed by atoms with E-state index in [0.29, 0.717) is 0 Å². The zero-order chi connectivity index (χ0) is 14.3. The molecule has 1 aromatic carbocycles. The molecule has 1 aromatic heterocycles. The van der Waals surface area contributed by atoms with E-state index in [-0.39, 0.29) is 10.7 Å². The van der Waals surface area contributed by atoms with E-state index in [1.54, 1.807) is 0 Å². The molecule has 0 aliphatic rings. The van der Waals surface area contributed by atoms with E-state index in [4.69, 9.17) is 5.14 Å². The van der Waals surface area contributed by atoms with Crippen LogP contribution < -0.4 is 5.14 Å². The second-order valence-electron chi connectivity index (χ2n) is 3.67. The maximum atomic E-state index is 12.6. The monoisotopic (exact) mass is 291 g/mol. The Morgan fingerprint density at radius 2 is 1.89 bits per heavy atom. The zero-order valence-corrected chi connectivity index (χ0v) is 10.1. The molecule has 0 spiro atoms. The quantitative estimate of drug-likeness (QED) is 0.911. The first-order valence-corrected chi connectivity index (χ1v) is 6.49. The van der Waals surface area contributed by atoms with Crippen LogP contribution in [0, 0.1) is 0 Å². The smallest absolute Gasteiger partial charge is 0.223 e. The molecule has 0 bridgehead atoms. The van der Waals surface area contributed by atoms with Gasteiger partial charge in [-0.2, -0.15) is 18.3 Å². The number of primary sulfonamides is 1. The first kappa shape index (κ1) is 13.6. The van der Waals surface area contributed by atoms with Crippen molar-refractivity contribution in [3.8, 4) is 5.69 Å². The van der Waals surface area contributed by atoms with E-state index < -0.39 is 21.8 Å². The molecule has 5 nitrogen and oxygen atoms in total. The molecule has 0 saturated heterocycles. The van der Waals surface area contributed by atoms with Crippen molar-refractivity contribution < 1.29 is 21.6 Å². The van der Waals surface area contributed by atoms with Crippen molar-refractivity contribution in [3.63, 3.8) is 0 Å². The maximum absolute atomic E-state index is 12.6. The van der Waals surface area contributed by atoms with Crippen LogP contribution in [0.4, 0.5) is 13.2 Å². The van der Waals surface area contributed by atoms with Crippen molar-refractivity contribution in [1.29, 1.82) is 0 Å². The molecule has 0 aliphatic carbocycles. The minimum atomic E-state index is -4.52. The van der Waals surface area contributed by atoms with Crippen LogP contribution in [0.3, 0.4) is 0 Å². The van der Waals surface area contributed by atoms with Crippen molar-refractivity contribution >= 4 is 10.0 Å². The van der Waals surface area contributed by atoms with Crippen LogP contribution in [0.1, 0.15) is 5.56 Å². The molecule has 0 saturated carbocycles. The first-order chi connectivity index (χ1) is 8.69. The lowest BCUT2D eigenvalue weighted by Gasteiger charge is -2.10. The Morgan fingerprint density at radius 3 is 2.47 bits per heavy atom. The van der Waals surface area contributed by atoms with Crippen LogP contribution in [0.15, 0.2) is 41.6 Å². The van der Waals surface area contributed by atoms with E-state index >= 15 is 0 Å². The van der Waals surface area contributed by atoms with E-state index in [2.05, 4.69) is 5.10 Å². The summed E-state index contributed by atoms with van der Waals surface area (Å²) in [6, 6.07) is 5.24. The summed E-state index contributed by atoms with van der Waals surface area (Å²) in [5.41, 5.74) is -0.940. The summed E-state index contributed by atoms with van der Waals surface area (Å²) in [4.78, 5) is 0. The minimum absolute atomic E-state index is 0.0381. The van der Waals surface area contributed by atoms with Crippen molar-refractivity contribution in [2.24, 2.45) is 5.14 Å². The van der Waals surface area contributed by atoms with Gasteiger partial charge in [0.05, 0.1) is 17.4 Å². The summed E-state index contributed by atoms with van der Waals surface area (Å²) < 4.78 is 61.1. The van der Waals surface area contributed by atoms with Crippen molar-refractivity contribution in [2.75, 3.05) is 0 Å². The predicted molar refractivity (Wildman–Crippen MR) is 59.9 cm³/mol. The van der Waals surface area contributed by atoms with Gasteiger partial charge in [0.2, 0.25) is 0 Å². The molecule has 0 aliphatic heterocycles. The molecule has 0 unspecified atom stereocenters. The molecule has 9 heteroatoms. The van der Waals surface area contributed by atoms with E-state index in [9.17, 15) is 21.6 Å². The molecule has 19 heavy (non-hydrogen) atoms. The Hall–Kier alpha value is -1.87. The van der Waals surface area contributed by atoms with Gasteiger partial charge < -0.3 is 0 Å². The molecule has 1 heterocycles. The van der Waals surface area contributed by atoms with Gasteiger partial charge in [0.25, 0.3) is 10.0 Å². The Kier molecular flexibility index (Phi) is 3.11. The molecular weight excluding hydrogens is 283 g/mol. The largest absolute Gasteiger partial charge is 0.416 e. The van der Waals surface area contributed by atoms with Crippen molar-refractivity contribution in [1.82, 2.24) is 9.78 Å². The van der Waals surface area contributed by atoms with Gasteiger partial charge in [-0.15, -0.1) is 0 Å². The van der Waals surface area contributed by atoms with Crippen LogP contribution in [0.2, 0.25) is 0 Å². The topological polar surface area (TPSA) is 78.0 Å². The Balaban J connectivity index is 2.59. The number of rotatable bonds is 2. The normalized spacial score (nSPS) is 12.6. The van der Waals surface area contributed by atoms with Gasteiger partial charge in [-0.05, 0) is 24.3 Å². The number of benzene rings is 1. The summed E-state index contributed by atoms with van der Waals surface area (Å²) in [6.07, 6.45) is -3.38. The van der Waals surface area contributed by atoms with Crippen LogP contribution >= 0.6 is 0 Å². The summed E-state index contributed by atoms with van der Waals surface area (Å²) >= 11 is 0. The van der Waals surface area contributed by atoms with Gasteiger partial charge in [-0.3, -0.25) is 0 Å². The third kappa shape index (κ3) is 2.76. The van der Waals surface area contributed by atoms with Crippen LogP contribution in [0.25, 0.3) is 5.69 Å². The highest BCUT2D eigenvalue weighted by Gasteiger charge is 2.30. The fourth-order valence-corrected chi connectivity index (χ4v) is 2.16. The Morgan fingerprint density at radius 1 is 1.21 bits per heavy atom. The van der Waals surface area contributed by atoms with Gasteiger partial charge in [-0.1, -0.05) is 6.07 Å².